The van der Waals surface area contributed by atoms with Crippen LogP contribution in [0.3, 0.4) is 0 Å². The monoisotopic (exact) mass is 286 g/mol. The molecule has 1 aromatic rings. The van der Waals surface area contributed by atoms with Crippen molar-refractivity contribution in [1.29, 1.82) is 5.26 Å². The van der Waals surface area contributed by atoms with Crippen molar-refractivity contribution in [3.8, 4) is 6.07 Å². The molecule has 1 aliphatic carbocycles. The molecular weight excluding hydrogens is 264 g/mol. The topological polar surface area (TPSA) is 73.1 Å². The van der Waals surface area contributed by atoms with Crippen LogP contribution in [0.25, 0.3) is 0 Å². The molecule has 0 atom stereocenters. The maximum Gasteiger partial charge on any atom is 0.220 e. The zero-order valence-electron chi connectivity index (χ0n) is 12.2. The minimum atomic E-state index is 0.0896. The van der Waals surface area contributed by atoms with E-state index in [1.165, 1.54) is 0 Å². The van der Waals surface area contributed by atoms with Gasteiger partial charge in [0.15, 0.2) is 0 Å². The Balaban J connectivity index is 1.71. The summed E-state index contributed by atoms with van der Waals surface area (Å²) in [6, 6.07) is 9.71. The van der Waals surface area contributed by atoms with Gasteiger partial charge in [-0.25, -0.2) is 0 Å². The Morgan fingerprint density at radius 1 is 1.24 bits per heavy atom. The van der Waals surface area contributed by atoms with E-state index in [-0.39, 0.29) is 18.6 Å². The fourth-order valence-electron chi connectivity index (χ4n) is 2.79. The molecule has 0 bridgehead atoms. The second-order valence-electron chi connectivity index (χ2n) is 5.78. The van der Waals surface area contributed by atoms with Gasteiger partial charge in [-0.05, 0) is 55.7 Å². The van der Waals surface area contributed by atoms with E-state index < -0.39 is 0 Å². The summed E-state index contributed by atoms with van der Waals surface area (Å²) in [5.41, 5.74) is 1.72. The highest BCUT2D eigenvalue weighted by atomic mass is 16.3. The Bertz CT molecular complexity index is 497. The quantitative estimate of drug-likeness (QED) is 0.871. The van der Waals surface area contributed by atoms with Crippen LogP contribution >= 0.6 is 0 Å². The van der Waals surface area contributed by atoms with E-state index in [2.05, 4.69) is 11.4 Å². The van der Waals surface area contributed by atoms with Crippen LogP contribution in [0.4, 0.5) is 0 Å². The number of rotatable bonds is 5. The molecule has 0 saturated heterocycles. The summed E-state index contributed by atoms with van der Waals surface area (Å²) in [6.07, 6.45) is 5.10. The van der Waals surface area contributed by atoms with Gasteiger partial charge in [0.05, 0.1) is 11.6 Å². The van der Waals surface area contributed by atoms with Crippen molar-refractivity contribution in [1.82, 2.24) is 5.32 Å². The Hall–Kier alpha value is -1.86. The lowest BCUT2D eigenvalue weighted by atomic mass is 9.86. The molecule has 1 fully saturated rings. The highest BCUT2D eigenvalue weighted by molar-refractivity contribution is 5.76. The smallest absolute Gasteiger partial charge is 0.220 e. The number of benzene rings is 1. The van der Waals surface area contributed by atoms with Crippen LogP contribution in [-0.4, -0.2) is 23.7 Å². The Morgan fingerprint density at radius 2 is 1.90 bits per heavy atom. The second-order valence-corrected chi connectivity index (χ2v) is 5.78. The van der Waals surface area contributed by atoms with Gasteiger partial charge in [-0.2, -0.15) is 5.26 Å². The number of carbonyl (C=O) groups is 1. The Labute approximate surface area is 125 Å². The number of nitrogens with zero attached hydrogens (tertiary/aromatic N) is 1. The molecule has 4 nitrogen and oxygen atoms in total. The minimum absolute atomic E-state index is 0.0896. The van der Waals surface area contributed by atoms with Crippen LogP contribution in [0.2, 0.25) is 0 Å². The van der Waals surface area contributed by atoms with E-state index in [4.69, 9.17) is 10.4 Å². The number of aliphatic hydroxyl groups excluding tert-OH is 1. The van der Waals surface area contributed by atoms with Gasteiger partial charge in [0.1, 0.15) is 0 Å². The molecule has 0 heterocycles. The van der Waals surface area contributed by atoms with Gasteiger partial charge in [0, 0.05) is 19.1 Å². The Morgan fingerprint density at radius 3 is 2.48 bits per heavy atom. The molecule has 2 N–H and O–H groups in total. The van der Waals surface area contributed by atoms with Crippen LogP contribution in [0.15, 0.2) is 24.3 Å². The van der Waals surface area contributed by atoms with Gasteiger partial charge in [0.25, 0.3) is 0 Å². The second kappa shape index (κ2) is 7.80. The van der Waals surface area contributed by atoms with Crippen molar-refractivity contribution in [3.05, 3.63) is 35.4 Å². The van der Waals surface area contributed by atoms with Crippen molar-refractivity contribution in [3.63, 3.8) is 0 Å². The number of aryl methyl sites for hydroxylation is 1. The van der Waals surface area contributed by atoms with E-state index in [1.54, 1.807) is 12.1 Å². The predicted octanol–water partition coefficient (Wildman–Crippen LogP) is 2.16. The predicted molar refractivity (Wildman–Crippen MR) is 80.5 cm³/mol. The van der Waals surface area contributed by atoms with Crippen molar-refractivity contribution in [2.24, 2.45) is 5.92 Å². The summed E-state index contributed by atoms with van der Waals surface area (Å²) >= 11 is 0. The molecule has 1 aromatic carbocycles. The van der Waals surface area contributed by atoms with Gasteiger partial charge < -0.3 is 10.4 Å². The summed E-state index contributed by atoms with van der Waals surface area (Å²) in [7, 11) is 0. The summed E-state index contributed by atoms with van der Waals surface area (Å²) in [4.78, 5) is 11.9. The van der Waals surface area contributed by atoms with Crippen molar-refractivity contribution >= 4 is 5.91 Å². The third-order valence-corrected chi connectivity index (χ3v) is 4.19. The van der Waals surface area contributed by atoms with Gasteiger partial charge in [-0.3, -0.25) is 4.79 Å². The van der Waals surface area contributed by atoms with Crippen molar-refractivity contribution in [2.75, 3.05) is 6.61 Å². The average molecular weight is 286 g/mol. The lowest BCUT2D eigenvalue weighted by Crippen LogP contribution is -2.38. The third-order valence-electron chi connectivity index (χ3n) is 4.19. The number of hydrogen-bond acceptors (Lipinski definition) is 3. The molecular formula is C17H22N2O2. The molecule has 0 unspecified atom stereocenters. The molecule has 0 aromatic heterocycles. The maximum atomic E-state index is 11.9. The summed E-state index contributed by atoms with van der Waals surface area (Å²) in [6.45, 7) is 0.263. The SMILES string of the molecule is N#Cc1ccc(CCC(=O)NC2CCC(CO)CC2)cc1. The summed E-state index contributed by atoms with van der Waals surface area (Å²) in [5.74, 6) is 0.503. The standard InChI is InChI=1S/C17H22N2O2/c18-11-14-3-1-13(2-4-14)7-10-17(21)19-16-8-5-15(12-20)6-9-16/h1-4,15-16,20H,5-10,12H2,(H,19,21). The van der Waals surface area contributed by atoms with Crippen LogP contribution in [0.5, 0.6) is 0 Å². The first kappa shape index (κ1) is 15.5. The number of nitriles is 1. The molecule has 2 rings (SSSR count). The van der Waals surface area contributed by atoms with Crippen LogP contribution in [0.1, 0.15) is 43.2 Å². The van der Waals surface area contributed by atoms with Gasteiger partial charge in [-0.15, -0.1) is 0 Å². The fraction of sp³-hybridized carbons (Fsp3) is 0.529. The third kappa shape index (κ3) is 4.87. The molecule has 21 heavy (non-hydrogen) atoms. The molecule has 0 spiro atoms. The largest absolute Gasteiger partial charge is 0.396 e. The van der Waals surface area contributed by atoms with Gasteiger partial charge >= 0.3 is 0 Å². The van der Waals surface area contributed by atoms with E-state index >= 15 is 0 Å². The van der Waals surface area contributed by atoms with E-state index in [1.807, 2.05) is 12.1 Å². The number of nitrogens with one attached hydrogen (secondary N) is 1. The highest BCUT2D eigenvalue weighted by Crippen LogP contribution is 2.23. The zero-order valence-corrected chi connectivity index (χ0v) is 12.2. The first-order chi connectivity index (χ1) is 10.2. The first-order valence-corrected chi connectivity index (χ1v) is 7.60. The van der Waals surface area contributed by atoms with Crippen molar-refractivity contribution < 1.29 is 9.90 Å². The van der Waals surface area contributed by atoms with E-state index in [0.717, 1.165) is 31.2 Å². The van der Waals surface area contributed by atoms with Crippen LogP contribution in [0, 0.1) is 17.2 Å². The van der Waals surface area contributed by atoms with Gasteiger partial charge in [-0.1, -0.05) is 12.1 Å². The summed E-state index contributed by atoms with van der Waals surface area (Å²) < 4.78 is 0. The lowest BCUT2D eigenvalue weighted by molar-refractivity contribution is -0.122. The number of amides is 1. The Kier molecular flexibility index (Phi) is 5.77. The number of carbonyl (C=O) groups excluding carboxylic acids is 1. The van der Waals surface area contributed by atoms with Gasteiger partial charge in [0.2, 0.25) is 5.91 Å². The molecule has 112 valence electrons. The molecule has 0 radical (unpaired) electrons. The van der Waals surface area contributed by atoms with E-state index in [0.29, 0.717) is 24.3 Å². The fourth-order valence-corrected chi connectivity index (χ4v) is 2.79. The molecule has 1 aliphatic rings. The minimum Gasteiger partial charge on any atom is -0.396 e. The van der Waals surface area contributed by atoms with Crippen molar-refractivity contribution in [2.45, 2.75) is 44.6 Å². The maximum absolute atomic E-state index is 11.9. The van der Waals surface area contributed by atoms with Crippen LogP contribution in [-0.2, 0) is 11.2 Å². The number of hydrogen-bond donors (Lipinski definition) is 2. The summed E-state index contributed by atoms with van der Waals surface area (Å²) in [5, 5.41) is 20.9. The first-order valence-electron chi connectivity index (χ1n) is 7.60. The molecule has 0 aliphatic heterocycles. The normalized spacial score (nSPS) is 21.5. The van der Waals surface area contributed by atoms with E-state index in [9.17, 15) is 4.79 Å². The lowest BCUT2D eigenvalue weighted by Gasteiger charge is -2.27. The number of aliphatic hydroxyl groups is 1. The molecule has 4 heteroatoms. The van der Waals surface area contributed by atoms with Crippen LogP contribution < -0.4 is 5.32 Å². The zero-order chi connectivity index (χ0) is 15.1. The molecule has 1 saturated carbocycles. The highest BCUT2D eigenvalue weighted by Gasteiger charge is 2.21. The average Bonchev–Trinajstić information content (AvgIpc) is 2.54. The molecule has 1 amide bonds.